The standard InChI is InChI=1S/C28H34N2O6.C2H6/c1-17-12-20-21(13-18(17)2)30(26(32)25(31)29(20)14-19-10-8-7-9-11-19)15-22-24(36-28(5,6)34-22)23-16-33-27(3,4)35-23;1-2/h7-13,22-24H,14-16H2,1-6H3;1-2H3. The van der Waals surface area contributed by atoms with E-state index in [0.29, 0.717) is 24.2 Å². The van der Waals surface area contributed by atoms with Crippen molar-refractivity contribution in [1.29, 1.82) is 0 Å². The number of nitrogens with zero attached hydrogens (tertiary/aromatic N) is 2. The lowest BCUT2D eigenvalue weighted by Crippen LogP contribution is -2.46. The average molecular weight is 525 g/mol. The fourth-order valence-electron chi connectivity index (χ4n) is 5.15. The molecule has 206 valence electrons. The number of aryl methyl sites for hydroxylation is 2. The molecule has 3 aromatic rings. The maximum atomic E-state index is 13.5. The first-order valence-corrected chi connectivity index (χ1v) is 13.4. The van der Waals surface area contributed by atoms with Crippen LogP contribution in [0.1, 0.15) is 58.2 Å². The van der Waals surface area contributed by atoms with Gasteiger partial charge in [0, 0.05) is 0 Å². The highest BCUT2D eigenvalue weighted by molar-refractivity contribution is 5.77. The highest BCUT2D eigenvalue weighted by Gasteiger charge is 2.50. The molecule has 3 atom stereocenters. The van der Waals surface area contributed by atoms with Crippen LogP contribution < -0.4 is 11.1 Å². The number of benzene rings is 2. The predicted molar refractivity (Wildman–Crippen MR) is 148 cm³/mol. The van der Waals surface area contributed by atoms with Crippen LogP contribution in [0.2, 0.25) is 0 Å². The van der Waals surface area contributed by atoms with Gasteiger partial charge in [0.25, 0.3) is 0 Å². The van der Waals surface area contributed by atoms with E-state index in [1.165, 1.54) is 4.57 Å². The molecule has 2 aliphatic heterocycles. The van der Waals surface area contributed by atoms with E-state index in [0.717, 1.165) is 16.7 Å². The predicted octanol–water partition coefficient (Wildman–Crippen LogP) is 4.53. The van der Waals surface area contributed by atoms with Crippen LogP contribution in [0, 0.1) is 13.8 Å². The van der Waals surface area contributed by atoms with Crippen LogP contribution in [-0.2, 0) is 32.0 Å². The number of aromatic nitrogens is 2. The maximum Gasteiger partial charge on any atom is 0.317 e. The Labute approximate surface area is 224 Å². The summed E-state index contributed by atoms with van der Waals surface area (Å²) >= 11 is 0. The number of hydrogen-bond donors (Lipinski definition) is 0. The summed E-state index contributed by atoms with van der Waals surface area (Å²) in [5.41, 5.74) is 3.29. The third-order valence-corrected chi connectivity index (χ3v) is 7.01. The zero-order chi connectivity index (χ0) is 27.8. The van der Waals surface area contributed by atoms with Gasteiger partial charge >= 0.3 is 11.1 Å². The third-order valence-electron chi connectivity index (χ3n) is 7.01. The molecular weight excluding hydrogens is 484 g/mol. The smallest absolute Gasteiger partial charge is 0.317 e. The molecule has 1 aromatic heterocycles. The molecule has 0 radical (unpaired) electrons. The molecule has 2 aromatic carbocycles. The van der Waals surface area contributed by atoms with E-state index in [1.54, 1.807) is 4.57 Å². The Balaban J connectivity index is 0.00000164. The van der Waals surface area contributed by atoms with Gasteiger partial charge in [0.2, 0.25) is 0 Å². The van der Waals surface area contributed by atoms with Gasteiger partial charge in [-0.05, 0) is 70.4 Å². The zero-order valence-corrected chi connectivity index (χ0v) is 23.7. The van der Waals surface area contributed by atoms with Crippen molar-refractivity contribution in [3.8, 4) is 0 Å². The van der Waals surface area contributed by atoms with Gasteiger partial charge in [0.1, 0.15) is 18.3 Å². The van der Waals surface area contributed by atoms with Crippen LogP contribution in [0.5, 0.6) is 0 Å². The molecule has 5 rings (SSSR count). The van der Waals surface area contributed by atoms with E-state index < -0.39 is 34.9 Å². The van der Waals surface area contributed by atoms with Crippen molar-refractivity contribution in [3.05, 3.63) is 79.9 Å². The number of hydrogen-bond acceptors (Lipinski definition) is 6. The second-order valence-corrected chi connectivity index (χ2v) is 10.7. The van der Waals surface area contributed by atoms with Crippen LogP contribution in [0.3, 0.4) is 0 Å². The summed E-state index contributed by atoms with van der Waals surface area (Å²) in [4.78, 5) is 27.0. The lowest BCUT2D eigenvalue weighted by Gasteiger charge is -2.25. The van der Waals surface area contributed by atoms with Crippen molar-refractivity contribution in [3.63, 3.8) is 0 Å². The van der Waals surface area contributed by atoms with Crippen molar-refractivity contribution in [2.45, 2.75) is 98.4 Å². The quantitative estimate of drug-likeness (QED) is 0.457. The van der Waals surface area contributed by atoms with Crippen molar-refractivity contribution >= 4 is 11.0 Å². The van der Waals surface area contributed by atoms with Crippen molar-refractivity contribution in [1.82, 2.24) is 9.13 Å². The summed E-state index contributed by atoms with van der Waals surface area (Å²) in [5, 5.41) is 0. The molecule has 0 spiro atoms. The lowest BCUT2D eigenvalue weighted by atomic mass is 10.1. The van der Waals surface area contributed by atoms with Crippen molar-refractivity contribution in [2.75, 3.05) is 6.61 Å². The molecule has 0 bridgehead atoms. The first kappa shape index (κ1) is 28.2. The maximum absolute atomic E-state index is 13.5. The highest BCUT2D eigenvalue weighted by atomic mass is 16.8. The molecule has 8 heteroatoms. The molecule has 3 heterocycles. The topological polar surface area (TPSA) is 80.9 Å². The minimum absolute atomic E-state index is 0.160. The van der Waals surface area contributed by atoms with E-state index >= 15 is 0 Å². The first-order valence-electron chi connectivity index (χ1n) is 13.4. The first-order chi connectivity index (χ1) is 17.9. The highest BCUT2D eigenvalue weighted by Crippen LogP contribution is 2.36. The molecule has 0 N–H and O–H groups in total. The van der Waals surface area contributed by atoms with E-state index in [2.05, 4.69) is 0 Å². The summed E-state index contributed by atoms with van der Waals surface area (Å²) in [5.74, 6) is -1.58. The zero-order valence-electron chi connectivity index (χ0n) is 23.7. The fourth-order valence-corrected chi connectivity index (χ4v) is 5.15. The largest absolute Gasteiger partial charge is 0.348 e. The number of rotatable bonds is 5. The van der Waals surface area contributed by atoms with Crippen LogP contribution in [0.4, 0.5) is 0 Å². The minimum atomic E-state index is -0.861. The molecular formula is C30H40N2O6. The molecule has 2 fully saturated rings. The fraction of sp³-hybridized carbons (Fsp3) is 0.533. The van der Waals surface area contributed by atoms with Gasteiger partial charge < -0.3 is 18.9 Å². The van der Waals surface area contributed by atoms with E-state index in [4.69, 9.17) is 18.9 Å². The van der Waals surface area contributed by atoms with Gasteiger partial charge in [-0.2, -0.15) is 0 Å². The summed E-state index contributed by atoms with van der Waals surface area (Å²) in [6.45, 7) is 16.2. The second kappa shape index (κ2) is 10.8. The van der Waals surface area contributed by atoms with Gasteiger partial charge in [-0.3, -0.25) is 18.7 Å². The van der Waals surface area contributed by atoms with Gasteiger partial charge in [-0.15, -0.1) is 0 Å². The summed E-state index contributed by atoms with van der Waals surface area (Å²) in [6.07, 6.45) is -1.31. The Bertz CT molecular complexity index is 1410. The summed E-state index contributed by atoms with van der Waals surface area (Å²) in [6, 6.07) is 13.6. The van der Waals surface area contributed by atoms with Crippen LogP contribution in [0.15, 0.2) is 52.1 Å². The Kier molecular flexibility index (Phi) is 8.00. The second-order valence-electron chi connectivity index (χ2n) is 10.7. The number of fused-ring (bicyclic) bond motifs is 1. The van der Waals surface area contributed by atoms with Gasteiger partial charge in [-0.25, -0.2) is 0 Å². The Morgan fingerprint density at radius 2 is 1.39 bits per heavy atom. The van der Waals surface area contributed by atoms with Crippen molar-refractivity contribution < 1.29 is 18.9 Å². The molecule has 0 aliphatic carbocycles. The normalized spacial score (nSPS) is 23.8. The van der Waals surface area contributed by atoms with E-state index in [9.17, 15) is 9.59 Å². The molecule has 3 unspecified atom stereocenters. The monoisotopic (exact) mass is 524 g/mol. The molecule has 38 heavy (non-hydrogen) atoms. The summed E-state index contributed by atoms with van der Waals surface area (Å²) in [7, 11) is 0. The van der Waals surface area contributed by atoms with Crippen molar-refractivity contribution in [2.24, 2.45) is 0 Å². The van der Waals surface area contributed by atoms with Gasteiger partial charge in [-0.1, -0.05) is 44.2 Å². The van der Waals surface area contributed by atoms with Crippen LogP contribution >= 0.6 is 0 Å². The number of ether oxygens (including phenoxy) is 4. The Morgan fingerprint density at radius 3 is 1.97 bits per heavy atom. The molecule has 2 aliphatic rings. The lowest BCUT2D eigenvalue weighted by molar-refractivity contribution is -0.174. The molecule has 0 saturated carbocycles. The minimum Gasteiger partial charge on any atom is -0.348 e. The molecule has 2 saturated heterocycles. The van der Waals surface area contributed by atoms with Crippen LogP contribution in [0.25, 0.3) is 11.0 Å². The third kappa shape index (κ3) is 5.64. The van der Waals surface area contributed by atoms with Gasteiger partial charge in [0.15, 0.2) is 11.6 Å². The van der Waals surface area contributed by atoms with E-state index in [1.807, 2.05) is 97.9 Å². The Hall–Kier alpha value is -2.78. The molecule has 8 nitrogen and oxygen atoms in total. The molecule has 0 amide bonds. The van der Waals surface area contributed by atoms with Gasteiger partial charge in [0.05, 0.1) is 30.7 Å². The Morgan fingerprint density at radius 1 is 0.816 bits per heavy atom. The SMILES string of the molecule is CC.Cc1cc2c(cc1C)n(CC1OC(C)(C)OC1C1COC(C)(C)O1)c(=O)c(=O)n2Cc1ccccc1. The summed E-state index contributed by atoms with van der Waals surface area (Å²) < 4.78 is 27.4. The van der Waals surface area contributed by atoms with Crippen LogP contribution in [-0.4, -0.2) is 45.6 Å². The average Bonchev–Trinajstić information content (AvgIpc) is 3.40. The van der Waals surface area contributed by atoms with E-state index in [-0.39, 0.29) is 12.6 Å².